The molecule has 3 N–H and O–H groups in total. The number of hydrogen-bond donors (Lipinski definition) is 2. The van der Waals surface area contributed by atoms with Crippen molar-refractivity contribution in [2.75, 3.05) is 33.3 Å². The average Bonchev–Trinajstić information content (AvgIpc) is 3.15. The predicted octanol–water partition coefficient (Wildman–Crippen LogP) is 2.58. The zero-order valence-electron chi connectivity index (χ0n) is 17.6. The summed E-state index contributed by atoms with van der Waals surface area (Å²) in [5.74, 6) is 0.758. The molecule has 3 rings (SSSR count). The first-order valence-electron chi connectivity index (χ1n) is 9.80. The minimum atomic E-state index is -0.313. The molecule has 30 heavy (non-hydrogen) atoms. The van der Waals surface area contributed by atoms with E-state index in [4.69, 9.17) is 15.2 Å². The number of ether oxygens (including phenoxy) is 2. The second-order valence-corrected chi connectivity index (χ2v) is 7.19. The van der Waals surface area contributed by atoms with Gasteiger partial charge in [-0.15, -0.1) is 0 Å². The number of carbonyl (C=O) groups is 1. The van der Waals surface area contributed by atoms with Gasteiger partial charge in [0.1, 0.15) is 11.4 Å². The van der Waals surface area contributed by atoms with E-state index in [1.54, 1.807) is 4.90 Å². The molecule has 1 aliphatic rings. The van der Waals surface area contributed by atoms with Crippen LogP contribution in [0.15, 0.2) is 41.5 Å². The zero-order chi connectivity index (χ0) is 21.7. The molecule has 9 nitrogen and oxygen atoms in total. The van der Waals surface area contributed by atoms with E-state index in [9.17, 15) is 4.79 Å². The number of methoxy groups -OCH3 is 1. The Labute approximate surface area is 175 Å². The Balaban J connectivity index is 1.84. The van der Waals surface area contributed by atoms with Gasteiger partial charge >= 0.3 is 6.09 Å². The molecule has 1 aromatic heterocycles. The number of allylic oxidation sites excluding steroid dienone is 1. The molecule has 0 atom stereocenters. The van der Waals surface area contributed by atoms with Crippen molar-refractivity contribution in [1.29, 1.82) is 0 Å². The molecule has 1 aromatic carbocycles. The molecule has 1 aliphatic heterocycles. The predicted molar refractivity (Wildman–Crippen MR) is 117 cm³/mol. The molecule has 0 bridgehead atoms. The van der Waals surface area contributed by atoms with Crippen LogP contribution >= 0.6 is 0 Å². The fourth-order valence-corrected chi connectivity index (χ4v) is 3.34. The van der Waals surface area contributed by atoms with E-state index >= 15 is 0 Å². The fraction of sp³-hybridized carbons (Fsp3) is 0.381. The lowest BCUT2D eigenvalue weighted by Crippen LogP contribution is -2.47. The number of hydrogen-bond acceptors (Lipinski definition) is 6. The number of aromatic amines is 1. The molecule has 1 saturated heterocycles. The Kier molecular flexibility index (Phi) is 6.61. The van der Waals surface area contributed by atoms with Gasteiger partial charge in [0.05, 0.1) is 30.8 Å². The molecular formula is C21H28N6O3. The Morgan fingerprint density at radius 2 is 2.00 bits per heavy atom. The van der Waals surface area contributed by atoms with Crippen molar-refractivity contribution in [2.24, 2.45) is 10.7 Å². The van der Waals surface area contributed by atoms with Crippen LogP contribution in [0.25, 0.3) is 16.6 Å². The molecule has 160 valence electrons. The largest absolute Gasteiger partial charge is 0.491 e. The van der Waals surface area contributed by atoms with E-state index in [0.717, 1.165) is 22.3 Å². The summed E-state index contributed by atoms with van der Waals surface area (Å²) in [6, 6.07) is 5.76. The number of carbonyl (C=O) groups excluding carboxylic acids is 1. The van der Waals surface area contributed by atoms with Crippen molar-refractivity contribution in [3.63, 3.8) is 0 Å². The number of nitrogens with two attached hydrogens (primary N) is 1. The first-order valence-corrected chi connectivity index (χ1v) is 9.80. The van der Waals surface area contributed by atoms with Crippen LogP contribution in [0.2, 0.25) is 0 Å². The van der Waals surface area contributed by atoms with Gasteiger partial charge in [-0.2, -0.15) is 5.10 Å². The number of amides is 1. The molecule has 0 saturated carbocycles. The van der Waals surface area contributed by atoms with Crippen LogP contribution in [0, 0.1) is 0 Å². The highest BCUT2D eigenvalue weighted by atomic mass is 16.5. The number of nitrogens with one attached hydrogen (secondary N) is 1. The molecule has 2 heterocycles. The lowest BCUT2D eigenvalue weighted by atomic mass is 10.1. The number of rotatable bonds is 6. The van der Waals surface area contributed by atoms with E-state index in [2.05, 4.69) is 26.7 Å². The van der Waals surface area contributed by atoms with E-state index < -0.39 is 0 Å². The van der Waals surface area contributed by atoms with E-state index in [1.165, 1.54) is 13.4 Å². The Morgan fingerprint density at radius 3 is 2.63 bits per heavy atom. The first-order chi connectivity index (χ1) is 14.4. The van der Waals surface area contributed by atoms with E-state index in [1.807, 2.05) is 38.1 Å². The molecule has 9 heteroatoms. The Bertz CT molecular complexity index is 970. The smallest absolute Gasteiger partial charge is 0.409 e. The van der Waals surface area contributed by atoms with Gasteiger partial charge in [-0.3, -0.25) is 5.10 Å². The second kappa shape index (κ2) is 9.34. The van der Waals surface area contributed by atoms with Crippen molar-refractivity contribution in [3.8, 4) is 5.75 Å². The highest BCUT2D eigenvalue weighted by Gasteiger charge is 2.22. The first kappa shape index (κ1) is 21.2. The zero-order valence-corrected chi connectivity index (χ0v) is 17.6. The standard InChI is InChI=1S/C21H28N6O3/c1-14(2)30-16-5-6-18-17(12-16)20(25-24-18)19(23-13-22)11-15(3)26-7-9-27(10-8-26)21(28)29-4/h5-6,11-14H,3,7-10H2,1-2,4H3,(H2,22,23)(H,24,25)/b19-11-. The van der Waals surface area contributed by atoms with Crippen molar-refractivity contribution in [1.82, 2.24) is 20.0 Å². The average molecular weight is 412 g/mol. The minimum Gasteiger partial charge on any atom is -0.491 e. The van der Waals surface area contributed by atoms with Gasteiger partial charge in [-0.1, -0.05) is 6.58 Å². The van der Waals surface area contributed by atoms with Crippen molar-refractivity contribution >= 4 is 29.0 Å². The summed E-state index contributed by atoms with van der Waals surface area (Å²) in [7, 11) is 1.39. The number of piperazine rings is 1. The second-order valence-electron chi connectivity index (χ2n) is 7.19. The van der Waals surface area contributed by atoms with E-state index in [0.29, 0.717) is 37.6 Å². The van der Waals surface area contributed by atoms with Crippen LogP contribution in [-0.2, 0) is 4.74 Å². The van der Waals surface area contributed by atoms with Crippen LogP contribution in [0.1, 0.15) is 19.5 Å². The normalized spacial score (nSPS) is 15.3. The maximum absolute atomic E-state index is 11.7. The maximum atomic E-state index is 11.7. The van der Waals surface area contributed by atoms with Gasteiger partial charge < -0.3 is 25.0 Å². The lowest BCUT2D eigenvalue weighted by molar-refractivity contribution is 0.101. The third kappa shape index (κ3) is 4.73. The number of aromatic nitrogens is 2. The van der Waals surface area contributed by atoms with Crippen molar-refractivity contribution in [2.45, 2.75) is 20.0 Å². The summed E-state index contributed by atoms with van der Waals surface area (Å²) in [6.45, 7) is 10.6. The van der Waals surface area contributed by atoms with Crippen molar-refractivity contribution < 1.29 is 14.3 Å². The molecule has 1 amide bonds. The summed E-state index contributed by atoms with van der Waals surface area (Å²) in [5, 5.41) is 8.34. The molecule has 1 fully saturated rings. The molecule has 2 aromatic rings. The molecule has 0 radical (unpaired) electrons. The SMILES string of the molecule is C=C(/C=C(\N=C/N)c1n[nH]c2ccc(OC(C)C)cc12)N1CCN(C(=O)OC)CC1. The van der Waals surface area contributed by atoms with Gasteiger partial charge in [-0.05, 0) is 38.1 Å². The quantitative estimate of drug-likeness (QED) is 0.429. The number of H-pyrrole nitrogens is 1. The van der Waals surface area contributed by atoms with Crippen LogP contribution in [-0.4, -0.2) is 71.8 Å². The number of benzene rings is 1. The third-order valence-electron chi connectivity index (χ3n) is 4.78. The lowest BCUT2D eigenvalue weighted by Gasteiger charge is -2.35. The van der Waals surface area contributed by atoms with Gasteiger partial charge in [0.25, 0.3) is 0 Å². The van der Waals surface area contributed by atoms with Gasteiger partial charge in [0.15, 0.2) is 0 Å². The fourth-order valence-electron chi connectivity index (χ4n) is 3.34. The maximum Gasteiger partial charge on any atom is 0.409 e. The van der Waals surface area contributed by atoms with Gasteiger partial charge in [0.2, 0.25) is 0 Å². The summed E-state index contributed by atoms with van der Waals surface area (Å²) < 4.78 is 10.6. The number of nitrogens with zero attached hydrogens (tertiary/aromatic N) is 4. The van der Waals surface area contributed by atoms with Crippen molar-refractivity contribution in [3.05, 3.63) is 42.2 Å². The van der Waals surface area contributed by atoms with Crippen LogP contribution in [0.4, 0.5) is 4.79 Å². The summed E-state index contributed by atoms with van der Waals surface area (Å²) in [6.07, 6.45) is 2.84. The highest BCUT2D eigenvalue weighted by molar-refractivity contribution is 5.92. The number of fused-ring (bicyclic) bond motifs is 1. The van der Waals surface area contributed by atoms with Crippen LogP contribution < -0.4 is 10.5 Å². The highest BCUT2D eigenvalue weighted by Crippen LogP contribution is 2.28. The molecular weight excluding hydrogens is 384 g/mol. The monoisotopic (exact) mass is 412 g/mol. The topological polar surface area (TPSA) is 109 Å². The Morgan fingerprint density at radius 1 is 1.30 bits per heavy atom. The minimum absolute atomic E-state index is 0.0679. The molecule has 0 spiro atoms. The summed E-state index contributed by atoms with van der Waals surface area (Å²) in [4.78, 5) is 19.8. The third-order valence-corrected chi connectivity index (χ3v) is 4.78. The van der Waals surface area contributed by atoms with Gasteiger partial charge in [0, 0.05) is 37.3 Å². The molecule has 0 unspecified atom stereocenters. The van der Waals surface area contributed by atoms with Gasteiger partial charge in [-0.25, -0.2) is 9.79 Å². The van der Waals surface area contributed by atoms with E-state index in [-0.39, 0.29) is 12.2 Å². The van der Waals surface area contributed by atoms with Crippen LogP contribution in [0.5, 0.6) is 5.75 Å². The van der Waals surface area contributed by atoms with Crippen LogP contribution in [0.3, 0.4) is 0 Å². The number of aliphatic imine (C=N–C) groups is 1. The summed E-state index contributed by atoms with van der Waals surface area (Å²) >= 11 is 0. The summed E-state index contributed by atoms with van der Waals surface area (Å²) in [5.41, 5.74) is 8.49. The Hall–Kier alpha value is -3.49. The molecule has 0 aliphatic carbocycles.